The van der Waals surface area contributed by atoms with Gasteiger partial charge in [-0.3, -0.25) is 33.9 Å². The van der Waals surface area contributed by atoms with Gasteiger partial charge in [0.25, 0.3) is 0 Å². The van der Waals surface area contributed by atoms with E-state index in [9.17, 15) is 24.3 Å². The highest BCUT2D eigenvalue weighted by molar-refractivity contribution is 5.89. The molecule has 1 saturated heterocycles. The second kappa shape index (κ2) is 20.6. The maximum atomic E-state index is 13.1. The van der Waals surface area contributed by atoms with E-state index >= 15 is 0 Å². The number of rotatable bonds is 15. The van der Waals surface area contributed by atoms with Crippen LogP contribution in [0, 0.1) is 7.05 Å². The summed E-state index contributed by atoms with van der Waals surface area (Å²) in [5.41, 5.74) is 0. The summed E-state index contributed by atoms with van der Waals surface area (Å²) in [5, 5.41) is 17.5. The number of hydrogen-bond acceptors (Lipinski definition) is 9. The predicted molar refractivity (Wildman–Crippen MR) is 148 cm³/mol. The molecule has 0 unspecified atom stereocenters. The Kier molecular flexibility index (Phi) is 18.3. The van der Waals surface area contributed by atoms with Crippen LogP contribution in [0.25, 0.3) is 0 Å². The van der Waals surface area contributed by atoms with Gasteiger partial charge in [0, 0.05) is 92.6 Å². The van der Waals surface area contributed by atoms with E-state index in [0.717, 1.165) is 19.6 Å². The number of likely N-dealkylation sites (N-methyl/N-ethyl adjacent to an activating group) is 1. The second-order valence-electron chi connectivity index (χ2n) is 9.59. The van der Waals surface area contributed by atoms with Crippen LogP contribution in [0.15, 0.2) is 0 Å². The molecule has 3 amide bonds. The molecule has 13 nitrogen and oxygen atoms in total. The van der Waals surface area contributed by atoms with Crippen molar-refractivity contribution in [3.63, 3.8) is 0 Å². The van der Waals surface area contributed by atoms with Gasteiger partial charge in [0.1, 0.15) is 6.04 Å². The third kappa shape index (κ3) is 16.4. The Morgan fingerprint density at radius 2 is 1.49 bits per heavy atom. The molecular formula is C26H49N7O6. The Labute approximate surface area is 233 Å². The highest BCUT2D eigenvalue weighted by Gasteiger charge is 2.23. The summed E-state index contributed by atoms with van der Waals surface area (Å²) in [6.45, 7) is 11.0. The van der Waals surface area contributed by atoms with Crippen LogP contribution in [0.1, 0.15) is 33.1 Å². The third-order valence-corrected chi connectivity index (χ3v) is 6.60. The number of carboxylic acids is 1. The molecule has 1 aliphatic rings. The van der Waals surface area contributed by atoms with E-state index in [0.29, 0.717) is 65.4 Å². The summed E-state index contributed by atoms with van der Waals surface area (Å²) in [6.07, 6.45) is 0.922. The quantitative estimate of drug-likeness (QED) is 0.177. The van der Waals surface area contributed by atoms with Crippen molar-refractivity contribution in [1.82, 2.24) is 35.6 Å². The van der Waals surface area contributed by atoms with Gasteiger partial charge in [-0.2, -0.15) is 0 Å². The van der Waals surface area contributed by atoms with Crippen LogP contribution >= 0.6 is 0 Å². The molecule has 0 aliphatic carbocycles. The van der Waals surface area contributed by atoms with Gasteiger partial charge in [0.2, 0.25) is 17.7 Å². The molecule has 0 spiro atoms. The first-order chi connectivity index (χ1) is 18.7. The van der Waals surface area contributed by atoms with Gasteiger partial charge >= 0.3 is 5.97 Å². The number of hydrogen-bond donors (Lipinski definition) is 4. The van der Waals surface area contributed by atoms with Crippen molar-refractivity contribution in [2.75, 3.05) is 98.8 Å². The molecule has 13 heteroatoms. The lowest BCUT2D eigenvalue weighted by atomic mass is 10.1. The van der Waals surface area contributed by atoms with Crippen molar-refractivity contribution in [1.29, 1.82) is 0 Å². The summed E-state index contributed by atoms with van der Waals surface area (Å²) in [5.74, 6) is -1.79. The molecule has 0 aromatic rings. The Morgan fingerprint density at radius 3 is 2.08 bits per heavy atom. The lowest BCUT2D eigenvalue weighted by Gasteiger charge is -2.32. The number of nitrogens with one attached hydrogen (secondary N) is 3. The zero-order valence-corrected chi connectivity index (χ0v) is 24.0. The summed E-state index contributed by atoms with van der Waals surface area (Å²) in [7, 11) is 7.62. The topological polar surface area (TPSA) is 147 Å². The summed E-state index contributed by atoms with van der Waals surface area (Å²) in [4.78, 5) is 56.8. The molecule has 1 rings (SSSR count). The molecule has 224 valence electrons. The molecule has 0 bridgehead atoms. The van der Waals surface area contributed by atoms with Gasteiger partial charge in [0.05, 0.1) is 13.1 Å². The highest BCUT2D eigenvalue weighted by atomic mass is 16.5. The molecule has 0 aromatic heterocycles. The first-order valence-corrected chi connectivity index (χ1v) is 13.9. The largest absolute Gasteiger partial charge is 0.480 e. The van der Waals surface area contributed by atoms with E-state index < -0.39 is 12.0 Å². The minimum absolute atomic E-state index is 0.0512. The number of aliphatic carboxylic acids is 1. The number of nitrogens with zero attached hydrogens (tertiary/aromatic N) is 4. The number of amides is 3. The zero-order chi connectivity index (χ0) is 29.0. The van der Waals surface area contributed by atoms with Gasteiger partial charge in [-0.05, 0) is 26.3 Å². The lowest BCUT2D eigenvalue weighted by Crippen LogP contribution is -2.52. The van der Waals surface area contributed by atoms with Crippen LogP contribution in [0.2, 0.25) is 0 Å². The maximum absolute atomic E-state index is 13.1. The zero-order valence-electron chi connectivity index (χ0n) is 24.0. The van der Waals surface area contributed by atoms with Crippen LogP contribution in [0.5, 0.6) is 0 Å². The fourth-order valence-corrected chi connectivity index (χ4v) is 4.14. The number of ether oxygens (including phenoxy) is 1. The van der Waals surface area contributed by atoms with Crippen LogP contribution < -0.4 is 16.0 Å². The Balaban J connectivity index is 2.85. The SMILES string of the molecule is [CH]N1CCN(CC)CCN(CC(=O)N[C@H](CCC(=O)NC)C(=O)NCCCOCC)CCN(CC(=O)O)CC1. The first-order valence-electron chi connectivity index (χ1n) is 13.9. The molecule has 1 aliphatic heterocycles. The first kappa shape index (κ1) is 34.7. The molecule has 39 heavy (non-hydrogen) atoms. The minimum Gasteiger partial charge on any atom is -0.480 e. The van der Waals surface area contributed by atoms with Crippen molar-refractivity contribution in [2.24, 2.45) is 0 Å². The number of carbonyl (C=O) groups excluding carboxylic acids is 3. The summed E-state index contributed by atoms with van der Waals surface area (Å²) >= 11 is 0. The summed E-state index contributed by atoms with van der Waals surface area (Å²) in [6, 6.07) is -0.847. The molecule has 4 N–H and O–H groups in total. The van der Waals surface area contributed by atoms with Gasteiger partial charge in [-0.15, -0.1) is 0 Å². The molecule has 1 fully saturated rings. The molecule has 0 aromatic carbocycles. The maximum Gasteiger partial charge on any atom is 0.317 e. The fraction of sp³-hybridized carbons (Fsp3) is 0.808. The van der Waals surface area contributed by atoms with Crippen molar-refractivity contribution >= 4 is 23.7 Å². The fourth-order valence-electron chi connectivity index (χ4n) is 4.14. The van der Waals surface area contributed by atoms with E-state index in [2.05, 4.69) is 27.8 Å². The molecule has 1 heterocycles. The van der Waals surface area contributed by atoms with Crippen LogP contribution in [0.3, 0.4) is 0 Å². The van der Waals surface area contributed by atoms with Crippen molar-refractivity contribution in [2.45, 2.75) is 39.2 Å². The molecule has 1 atom stereocenters. The highest BCUT2D eigenvalue weighted by Crippen LogP contribution is 2.02. The average Bonchev–Trinajstić information content (AvgIpc) is 2.90. The van der Waals surface area contributed by atoms with E-state index in [1.807, 2.05) is 16.7 Å². The van der Waals surface area contributed by atoms with Gasteiger partial charge in [0.15, 0.2) is 0 Å². The lowest BCUT2D eigenvalue weighted by molar-refractivity contribution is -0.138. The van der Waals surface area contributed by atoms with Gasteiger partial charge < -0.3 is 30.7 Å². The van der Waals surface area contributed by atoms with Gasteiger partial charge in [-0.25, -0.2) is 0 Å². The number of carboxylic acid groups (broad SMARTS) is 1. The Hall–Kier alpha value is -2.32. The monoisotopic (exact) mass is 555 g/mol. The number of carbonyl (C=O) groups is 4. The van der Waals surface area contributed by atoms with Crippen LogP contribution in [-0.2, 0) is 23.9 Å². The van der Waals surface area contributed by atoms with Crippen molar-refractivity contribution in [3.05, 3.63) is 7.05 Å². The summed E-state index contributed by atoms with van der Waals surface area (Å²) < 4.78 is 5.29. The molecule has 2 radical (unpaired) electrons. The van der Waals surface area contributed by atoms with E-state index in [-0.39, 0.29) is 43.7 Å². The standard InChI is InChI=1S/C26H49N7O6/c1-5-31-13-11-30(4)12-14-33(21-25(36)37)18-17-32(16-15-31)20-24(35)29-22(8-9-23(34)27-3)26(38)28-10-7-19-39-6-2/h4,22H,5-21H2,1-3H3,(H,27,34)(H,28,38)(H,29,35)(H,36,37)/t22-/m1/s1. The third-order valence-electron chi connectivity index (χ3n) is 6.60. The van der Waals surface area contributed by atoms with E-state index in [1.54, 1.807) is 4.90 Å². The van der Waals surface area contributed by atoms with Crippen LogP contribution in [0.4, 0.5) is 0 Å². The van der Waals surface area contributed by atoms with Crippen molar-refractivity contribution < 1.29 is 29.0 Å². The predicted octanol–water partition coefficient (Wildman–Crippen LogP) is -1.47. The van der Waals surface area contributed by atoms with Crippen molar-refractivity contribution in [3.8, 4) is 0 Å². The van der Waals surface area contributed by atoms with E-state index in [1.165, 1.54) is 7.05 Å². The Morgan fingerprint density at radius 1 is 0.897 bits per heavy atom. The molecular weight excluding hydrogens is 506 g/mol. The normalized spacial score (nSPS) is 17.9. The second-order valence-corrected chi connectivity index (χ2v) is 9.59. The Bertz CT molecular complexity index is 742. The molecule has 0 saturated carbocycles. The van der Waals surface area contributed by atoms with Gasteiger partial charge in [-0.1, -0.05) is 6.92 Å². The smallest absolute Gasteiger partial charge is 0.317 e. The minimum atomic E-state index is -0.918. The van der Waals surface area contributed by atoms with Crippen LogP contribution in [-0.4, -0.2) is 153 Å². The van der Waals surface area contributed by atoms with E-state index in [4.69, 9.17) is 11.8 Å². The average molecular weight is 556 g/mol.